The summed E-state index contributed by atoms with van der Waals surface area (Å²) in [5, 5.41) is 0. The van der Waals surface area contributed by atoms with Gasteiger partial charge in [-0.05, 0) is 24.6 Å². The average molecular weight is 278 g/mol. The molecule has 0 saturated carbocycles. The lowest BCUT2D eigenvalue weighted by molar-refractivity contribution is 0.413. The molecule has 0 aromatic heterocycles. The van der Waals surface area contributed by atoms with Crippen molar-refractivity contribution < 1.29 is 13.2 Å². The van der Waals surface area contributed by atoms with Gasteiger partial charge in [-0.25, -0.2) is 13.1 Å². The van der Waals surface area contributed by atoms with Crippen LogP contribution in [-0.2, 0) is 10.0 Å². The van der Waals surface area contributed by atoms with Crippen LogP contribution < -0.4 is 9.46 Å². The Morgan fingerprint density at radius 3 is 2.76 bits per heavy atom. The SMILES string of the molecule is COc1cccc(C(C)NS(=O)(=O)CCCl)c1. The summed E-state index contributed by atoms with van der Waals surface area (Å²) in [5.41, 5.74) is 0.850. The van der Waals surface area contributed by atoms with Gasteiger partial charge < -0.3 is 4.74 Å². The highest BCUT2D eigenvalue weighted by atomic mass is 35.5. The fraction of sp³-hybridized carbons (Fsp3) is 0.455. The molecule has 17 heavy (non-hydrogen) atoms. The number of hydrogen-bond acceptors (Lipinski definition) is 3. The predicted octanol–water partition coefficient (Wildman–Crippen LogP) is 1.91. The molecule has 1 N–H and O–H groups in total. The summed E-state index contributed by atoms with van der Waals surface area (Å²) >= 11 is 5.42. The first-order valence-electron chi connectivity index (χ1n) is 5.18. The van der Waals surface area contributed by atoms with Gasteiger partial charge in [-0.1, -0.05) is 12.1 Å². The summed E-state index contributed by atoms with van der Waals surface area (Å²) in [6, 6.07) is 6.96. The topological polar surface area (TPSA) is 55.4 Å². The van der Waals surface area contributed by atoms with Crippen molar-refractivity contribution in [3.05, 3.63) is 29.8 Å². The highest BCUT2D eigenvalue weighted by Crippen LogP contribution is 2.19. The van der Waals surface area contributed by atoms with Gasteiger partial charge in [-0.3, -0.25) is 0 Å². The van der Waals surface area contributed by atoms with Crippen LogP contribution in [-0.4, -0.2) is 27.2 Å². The molecule has 0 spiro atoms. The average Bonchev–Trinajstić information content (AvgIpc) is 2.28. The molecule has 1 unspecified atom stereocenters. The van der Waals surface area contributed by atoms with Gasteiger partial charge in [0.05, 0.1) is 12.9 Å². The highest BCUT2D eigenvalue weighted by Gasteiger charge is 2.15. The Morgan fingerprint density at radius 1 is 1.47 bits per heavy atom. The number of sulfonamides is 1. The third-order valence-corrected chi connectivity index (χ3v) is 4.16. The zero-order chi connectivity index (χ0) is 12.9. The van der Waals surface area contributed by atoms with Crippen LogP contribution in [0.1, 0.15) is 18.5 Å². The van der Waals surface area contributed by atoms with E-state index in [1.54, 1.807) is 20.1 Å². The van der Waals surface area contributed by atoms with Gasteiger partial charge >= 0.3 is 0 Å². The van der Waals surface area contributed by atoms with Gasteiger partial charge in [0.25, 0.3) is 0 Å². The van der Waals surface area contributed by atoms with E-state index >= 15 is 0 Å². The Bertz CT molecular complexity index is 462. The number of ether oxygens (including phenoxy) is 1. The van der Waals surface area contributed by atoms with Crippen LogP contribution in [0, 0.1) is 0 Å². The summed E-state index contributed by atoms with van der Waals surface area (Å²) in [7, 11) is -1.75. The van der Waals surface area contributed by atoms with Crippen molar-refractivity contribution >= 4 is 21.6 Å². The van der Waals surface area contributed by atoms with E-state index in [0.717, 1.165) is 5.56 Å². The van der Waals surface area contributed by atoms with Crippen molar-refractivity contribution in [3.63, 3.8) is 0 Å². The smallest absolute Gasteiger partial charge is 0.213 e. The van der Waals surface area contributed by atoms with E-state index in [-0.39, 0.29) is 17.7 Å². The summed E-state index contributed by atoms with van der Waals surface area (Å²) in [6.45, 7) is 1.78. The maximum atomic E-state index is 11.5. The van der Waals surface area contributed by atoms with Crippen LogP contribution in [0.2, 0.25) is 0 Å². The van der Waals surface area contributed by atoms with E-state index in [1.165, 1.54) is 0 Å². The maximum Gasteiger partial charge on any atom is 0.213 e. The minimum atomic E-state index is -3.32. The zero-order valence-corrected chi connectivity index (χ0v) is 11.4. The number of hydrogen-bond donors (Lipinski definition) is 1. The molecule has 0 aliphatic heterocycles. The summed E-state index contributed by atoms with van der Waals surface area (Å²) in [5.74, 6) is 0.703. The Morgan fingerprint density at radius 2 is 2.18 bits per heavy atom. The molecule has 0 bridgehead atoms. The first-order valence-corrected chi connectivity index (χ1v) is 7.37. The van der Waals surface area contributed by atoms with E-state index < -0.39 is 10.0 Å². The molecule has 1 rings (SSSR count). The molecule has 1 aromatic rings. The number of alkyl halides is 1. The van der Waals surface area contributed by atoms with E-state index in [2.05, 4.69) is 4.72 Å². The fourth-order valence-corrected chi connectivity index (χ4v) is 3.01. The van der Waals surface area contributed by atoms with Crippen molar-refractivity contribution in [2.24, 2.45) is 0 Å². The standard InChI is InChI=1S/C11H16ClNO3S/c1-9(13-17(14,15)7-6-12)10-4-3-5-11(8-10)16-2/h3-5,8-9,13H,6-7H2,1-2H3. The van der Waals surface area contributed by atoms with E-state index in [9.17, 15) is 8.42 Å². The third kappa shape index (κ3) is 4.53. The van der Waals surface area contributed by atoms with E-state index in [4.69, 9.17) is 16.3 Å². The summed E-state index contributed by atoms with van der Waals surface area (Å²) in [4.78, 5) is 0. The first-order chi connectivity index (χ1) is 7.98. The van der Waals surface area contributed by atoms with E-state index in [1.807, 2.05) is 18.2 Å². The number of halogens is 1. The number of nitrogens with one attached hydrogen (secondary N) is 1. The molecule has 0 radical (unpaired) electrons. The van der Waals surface area contributed by atoms with Gasteiger partial charge in [0.15, 0.2) is 0 Å². The molecule has 0 heterocycles. The highest BCUT2D eigenvalue weighted by molar-refractivity contribution is 7.89. The molecule has 96 valence electrons. The lowest BCUT2D eigenvalue weighted by atomic mass is 10.1. The van der Waals surface area contributed by atoms with Crippen LogP contribution >= 0.6 is 11.6 Å². The second-order valence-corrected chi connectivity index (χ2v) is 5.88. The Balaban J connectivity index is 2.79. The molecular weight excluding hydrogens is 262 g/mol. The minimum absolute atomic E-state index is 0.0805. The minimum Gasteiger partial charge on any atom is -0.497 e. The van der Waals surface area contributed by atoms with Gasteiger partial charge in [0.1, 0.15) is 5.75 Å². The third-order valence-electron chi connectivity index (χ3n) is 2.30. The predicted molar refractivity (Wildman–Crippen MR) is 69.1 cm³/mol. The van der Waals surface area contributed by atoms with Gasteiger partial charge in [0.2, 0.25) is 10.0 Å². The van der Waals surface area contributed by atoms with Gasteiger partial charge in [-0.2, -0.15) is 0 Å². The summed E-state index contributed by atoms with van der Waals surface area (Å²) < 4.78 is 30.7. The van der Waals surface area contributed by atoms with Crippen LogP contribution in [0.3, 0.4) is 0 Å². The van der Waals surface area contributed by atoms with Crippen molar-refractivity contribution in [1.82, 2.24) is 4.72 Å². The maximum absolute atomic E-state index is 11.5. The second kappa shape index (κ2) is 6.23. The molecule has 0 fully saturated rings. The van der Waals surface area contributed by atoms with Crippen molar-refractivity contribution in [1.29, 1.82) is 0 Å². The van der Waals surface area contributed by atoms with Crippen molar-refractivity contribution in [3.8, 4) is 5.75 Å². The molecule has 0 saturated heterocycles. The van der Waals surface area contributed by atoms with Crippen LogP contribution in [0.25, 0.3) is 0 Å². The number of methoxy groups -OCH3 is 1. The van der Waals surface area contributed by atoms with Crippen LogP contribution in [0.5, 0.6) is 5.75 Å². The quantitative estimate of drug-likeness (QED) is 0.808. The van der Waals surface area contributed by atoms with Crippen molar-refractivity contribution in [2.75, 3.05) is 18.7 Å². The molecule has 0 aliphatic rings. The monoisotopic (exact) mass is 277 g/mol. The normalized spacial score (nSPS) is 13.4. The van der Waals surface area contributed by atoms with E-state index in [0.29, 0.717) is 5.75 Å². The molecule has 1 aromatic carbocycles. The summed E-state index contributed by atoms with van der Waals surface area (Å²) in [6.07, 6.45) is 0. The Kier molecular flexibility index (Phi) is 5.24. The number of benzene rings is 1. The molecule has 0 amide bonds. The second-order valence-electron chi connectivity index (χ2n) is 3.62. The largest absolute Gasteiger partial charge is 0.497 e. The first kappa shape index (κ1) is 14.3. The lowest BCUT2D eigenvalue weighted by Gasteiger charge is -2.14. The zero-order valence-electron chi connectivity index (χ0n) is 9.81. The lowest BCUT2D eigenvalue weighted by Crippen LogP contribution is -2.29. The Labute approximate surface area is 107 Å². The van der Waals surface area contributed by atoms with Crippen molar-refractivity contribution in [2.45, 2.75) is 13.0 Å². The molecule has 4 nitrogen and oxygen atoms in total. The van der Waals surface area contributed by atoms with Crippen LogP contribution in [0.4, 0.5) is 0 Å². The Hall–Kier alpha value is -0.780. The van der Waals surface area contributed by atoms with Gasteiger partial charge in [-0.15, -0.1) is 11.6 Å². The molecule has 1 atom stereocenters. The molecular formula is C11H16ClNO3S. The molecule has 6 heteroatoms. The fourth-order valence-electron chi connectivity index (χ4n) is 1.41. The van der Waals surface area contributed by atoms with Gasteiger partial charge in [0, 0.05) is 11.9 Å². The van der Waals surface area contributed by atoms with Crippen LogP contribution in [0.15, 0.2) is 24.3 Å². The molecule has 0 aliphatic carbocycles. The number of rotatable bonds is 6.